The largest absolute Gasteiger partial charge is 0.376 e. The van der Waals surface area contributed by atoms with E-state index in [-0.39, 0.29) is 5.56 Å². The number of carbonyl (C=O) groups excluding carboxylic acids is 1. The number of ether oxygens (including phenoxy) is 1. The molecule has 0 saturated heterocycles. The number of nitrogens with zero attached hydrogens (tertiary/aromatic N) is 1. The molecule has 7 heteroatoms. The molecular formula is C22H30N2O4S. The van der Waals surface area contributed by atoms with Crippen LogP contribution in [0.4, 0.5) is 0 Å². The Kier molecular flexibility index (Phi) is 7.21. The van der Waals surface area contributed by atoms with Crippen LogP contribution in [0, 0.1) is 0 Å². The number of benzene rings is 2. The van der Waals surface area contributed by atoms with E-state index in [4.69, 9.17) is 4.74 Å². The third-order valence-electron chi connectivity index (χ3n) is 6.00. The first-order valence-electron chi connectivity index (χ1n) is 9.65. The second kappa shape index (κ2) is 9.07. The molecule has 2 aromatic rings. The molecule has 1 N–H and O–H groups in total. The summed E-state index contributed by atoms with van der Waals surface area (Å²) in [6.45, 7) is 5.78. The van der Waals surface area contributed by atoms with Gasteiger partial charge in [0.1, 0.15) is 0 Å². The number of hydrogen-bond acceptors (Lipinski definition) is 4. The second-order valence-electron chi connectivity index (χ2n) is 7.11. The molecule has 0 radical (unpaired) electrons. The fraction of sp³-hybridized carbons (Fsp3) is 0.409. The quantitative estimate of drug-likeness (QED) is 0.673. The maximum absolute atomic E-state index is 13.3. The van der Waals surface area contributed by atoms with E-state index in [1.165, 1.54) is 11.4 Å². The van der Waals surface area contributed by atoms with Crippen molar-refractivity contribution >= 4 is 16.1 Å². The molecule has 0 aromatic heterocycles. The lowest BCUT2D eigenvalue weighted by Crippen LogP contribution is -2.63. The zero-order valence-corrected chi connectivity index (χ0v) is 18.5. The SMILES string of the molecule is CCC(CC)(OC)C(C)(c1ccccc1)N(C)S(=O)(=O)NC(=O)c1ccccc1. The van der Waals surface area contributed by atoms with Crippen molar-refractivity contribution in [2.24, 2.45) is 0 Å². The Labute approximate surface area is 174 Å². The van der Waals surface area contributed by atoms with Gasteiger partial charge in [-0.05, 0) is 37.5 Å². The van der Waals surface area contributed by atoms with Crippen LogP contribution in [0.5, 0.6) is 0 Å². The minimum Gasteiger partial charge on any atom is -0.376 e. The highest BCUT2D eigenvalue weighted by Crippen LogP contribution is 2.45. The van der Waals surface area contributed by atoms with Gasteiger partial charge in [0, 0.05) is 19.7 Å². The molecule has 2 rings (SSSR count). The number of nitrogens with one attached hydrogen (secondary N) is 1. The van der Waals surface area contributed by atoms with E-state index in [2.05, 4.69) is 4.72 Å². The molecule has 0 heterocycles. The van der Waals surface area contributed by atoms with Crippen LogP contribution >= 0.6 is 0 Å². The standard InChI is InChI=1S/C22H30N2O4S/c1-6-22(7-2,28-5)21(3,19-16-12-9-13-17-19)24(4)29(26,27)23-20(25)18-14-10-8-11-15-18/h8-17H,6-7H2,1-5H3,(H,23,25). The average Bonchev–Trinajstić information content (AvgIpc) is 2.75. The molecule has 1 unspecified atom stereocenters. The van der Waals surface area contributed by atoms with E-state index in [0.717, 1.165) is 5.56 Å². The summed E-state index contributed by atoms with van der Waals surface area (Å²) in [7, 11) is -1.10. The Morgan fingerprint density at radius 2 is 1.48 bits per heavy atom. The Hall–Kier alpha value is -2.22. The number of likely N-dealkylation sites (N-methyl/N-ethyl adjacent to an activating group) is 1. The van der Waals surface area contributed by atoms with Gasteiger partial charge in [0.15, 0.2) is 0 Å². The summed E-state index contributed by atoms with van der Waals surface area (Å²) in [6, 6.07) is 17.6. The Morgan fingerprint density at radius 3 is 1.93 bits per heavy atom. The van der Waals surface area contributed by atoms with E-state index < -0.39 is 27.3 Å². The Bertz CT molecular complexity index is 904. The predicted molar refractivity (Wildman–Crippen MR) is 115 cm³/mol. The summed E-state index contributed by atoms with van der Waals surface area (Å²) in [5.41, 5.74) is -0.802. The van der Waals surface area contributed by atoms with Crippen LogP contribution in [0.25, 0.3) is 0 Å². The topological polar surface area (TPSA) is 75.7 Å². The molecule has 0 aliphatic carbocycles. The normalized spacial score (nSPS) is 14.4. The third-order valence-corrected chi connectivity index (χ3v) is 7.53. The predicted octanol–water partition coefficient (Wildman–Crippen LogP) is 3.71. The van der Waals surface area contributed by atoms with Gasteiger partial charge in [-0.3, -0.25) is 4.79 Å². The summed E-state index contributed by atoms with van der Waals surface area (Å²) in [6.07, 6.45) is 1.16. The molecule has 1 amide bonds. The molecule has 0 fully saturated rings. The number of methoxy groups -OCH3 is 1. The van der Waals surface area contributed by atoms with Crippen molar-refractivity contribution in [2.75, 3.05) is 14.2 Å². The second-order valence-corrected chi connectivity index (χ2v) is 8.82. The van der Waals surface area contributed by atoms with E-state index in [1.54, 1.807) is 37.4 Å². The highest BCUT2D eigenvalue weighted by molar-refractivity contribution is 7.87. The molecular weight excluding hydrogens is 388 g/mol. The lowest BCUT2D eigenvalue weighted by Gasteiger charge is -2.51. The molecule has 0 aliphatic rings. The Morgan fingerprint density at radius 1 is 1.00 bits per heavy atom. The molecule has 0 spiro atoms. The van der Waals surface area contributed by atoms with Gasteiger partial charge in [-0.25, -0.2) is 4.72 Å². The van der Waals surface area contributed by atoms with Crippen molar-refractivity contribution in [3.8, 4) is 0 Å². The van der Waals surface area contributed by atoms with Crippen LogP contribution in [0.2, 0.25) is 0 Å². The monoisotopic (exact) mass is 418 g/mol. The van der Waals surface area contributed by atoms with Gasteiger partial charge in [0.25, 0.3) is 5.91 Å². The minimum absolute atomic E-state index is 0.273. The number of rotatable bonds is 9. The van der Waals surface area contributed by atoms with Crippen molar-refractivity contribution in [1.29, 1.82) is 0 Å². The first-order chi connectivity index (χ1) is 13.7. The molecule has 6 nitrogen and oxygen atoms in total. The number of amides is 1. The van der Waals surface area contributed by atoms with Crippen LogP contribution in [0.1, 0.15) is 49.5 Å². The van der Waals surface area contributed by atoms with Crippen LogP contribution in [-0.2, 0) is 20.5 Å². The highest BCUT2D eigenvalue weighted by Gasteiger charge is 2.54. The fourth-order valence-electron chi connectivity index (χ4n) is 3.99. The molecule has 0 saturated carbocycles. The summed E-state index contributed by atoms with van der Waals surface area (Å²) >= 11 is 0. The highest BCUT2D eigenvalue weighted by atomic mass is 32.2. The van der Waals surface area contributed by atoms with Gasteiger partial charge in [-0.1, -0.05) is 62.4 Å². The first kappa shape index (κ1) is 23.1. The maximum Gasteiger partial charge on any atom is 0.304 e. The van der Waals surface area contributed by atoms with Crippen molar-refractivity contribution in [3.63, 3.8) is 0 Å². The lowest BCUT2D eigenvalue weighted by atomic mass is 9.72. The molecule has 29 heavy (non-hydrogen) atoms. The van der Waals surface area contributed by atoms with E-state index in [1.807, 2.05) is 51.1 Å². The van der Waals surface area contributed by atoms with Crippen molar-refractivity contribution in [3.05, 3.63) is 71.8 Å². The average molecular weight is 419 g/mol. The van der Waals surface area contributed by atoms with E-state index in [9.17, 15) is 13.2 Å². The summed E-state index contributed by atoms with van der Waals surface area (Å²) in [5, 5.41) is 0. The molecule has 2 aromatic carbocycles. The summed E-state index contributed by atoms with van der Waals surface area (Å²) < 4.78 is 35.9. The van der Waals surface area contributed by atoms with Gasteiger partial charge in [-0.15, -0.1) is 0 Å². The number of carbonyl (C=O) groups is 1. The smallest absolute Gasteiger partial charge is 0.304 e. The van der Waals surface area contributed by atoms with E-state index >= 15 is 0 Å². The van der Waals surface area contributed by atoms with Crippen molar-refractivity contribution in [2.45, 2.75) is 44.8 Å². The fourth-order valence-corrected chi connectivity index (χ4v) is 5.24. The van der Waals surface area contributed by atoms with Crippen LogP contribution in [-0.4, -0.2) is 38.4 Å². The van der Waals surface area contributed by atoms with Crippen LogP contribution < -0.4 is 4.72 Å². The van der Waals surface area contributed by atoms with Crippen LogP contribution in [0.3, 0.4) is 0 Å². The van der Waals surface area contributed by atoms with Crippen molar-refractivity contribution < 1.29 is 17.9 Å². The van der Waals surface area contributed by atoms with Gasteiger partial charge >= 0.3 is 10.2 Å². The zero-order valence-electron chi connectivity index (χ0n) is 17.7. The zero-order chi connectivity index (χ0) is 21.7. The Balaban J connectivity index is 2.54. The lowest BCUT2D eigenvalue weighted by molar-refractivity contribution is -0.112. The minimum atomic E-state index is -4.17. The molecule has 0 bridgehead atoms. The summed E-state index contributed by atoms with van der Waals surface area (Å²) in [5.74, 6) is -0.677. The van der Waals surface area contributed by atoms with Crippen molar-refractivity contribution in [1.82, 2.24) is 9.03 Å². The summed E-state index contributed by atoms with van der Waals surface area (Å²) in [4.78, 5) is 12.5. The first-order valence-corrected chi connectivity index (χ1v) is 11.1. The third kappa shape index (κ3) is 4.22. The van der Waals surface area contributed by atoms with Crippen LogP contribution in [0.15, 0.2) is 60.7 Å². The molecule has 158 valence electrons. The maximum atomic E-state index is 13.3. The molecule has 0 aliphatic heterocycles. The van der Waals surface area contributed by atoms with Gasteiger partial charge in [0.2, 0.25) is 0 Å². The van der Waals surface area contributed by atoms with Gasteiger partial charge in [0.05, 0.1) is 11.1 Å². The number of hydrogen-bond donors (Lipinski definition) is 1. The van der Waals surface area contributed by atoms with Gasteiger partial charge < -0.3 is 4.74 Å². The molecule has 1 atom stereocenters. The van der Waals surface area contributed by atoms with Gasteiger partial charge in [-0.2, -0.15) is 12.7 Å². The van der Waals surface area contributed by atoms with E-state index in [0.29, 0.717) is 12.8 Å².